The van der Waals surface area contributed by atoms with E-state index < -0.39 is 0 Å². The third-order valence-electron chi connectivity index (χ3n) is 4.69. The molecule has 1 N–H and O–H groups in total. The van der Waals surface area contributed by atoms with Gasteiger partial charge in [-0.05, 0) is 67.2 Å². The second-order valence-corrected chi connectivity index (χ2v) is 8.34. The number of hydrogen-bond donors (Lipinski definition) is 1. The zero-order valence-corrected chi connectivity index (χ0v) is 14.7. The Morgan fingerprint density at radius 2 is 2.17 bits per heavy atom. The van der Waals surface area contributed by atoms with Crippen molar-refractivity contribution in [2.45, 2.75) is 51.2 Å². The van der Waals surface area contributed by atoms with Gasteiger partial charge in [0.1, 0.15) is 0 Å². The average Bonchev–Trinajstić information content (AvgIpc) is 3.31. The van der Waals surface area contributed by atoms with Crippen molar-refractivity contribution >= 4 is 28.6 Å². The number of carbonyl (C=O) groups is 1. The van der Waals surface area contributed by atoms with Crippen LogP contribution in [0.3, 0.4) is 0 Å². The van der Waals surface area contributed by atoms with Crippen molar-refractivity contribution in [1.29, 1.82) is 0 Å². The summed E-state index contributed by atoms with van der Waals surface area (Å²) in [6, 6.07) is 3.97. The summed E-state index contributed by atoms with van der Waals surface area (Å²) in [5.74, 6) is 0.0370. The van der Waals surface area contributed by atoms with Gasteiger partial charge in [0.15, 0.2) is 0 Å². The first-order chi connectivity index (χ1) is 11.3. The second-order valence-electron chi connectivity index (χ2n) is 6.26. The molecule has 0 aromatic carbocycles. The predicted octanol–water partition coefficient (Wildman–Crippen LogP) is 4.47. The van der Waals surface area contributed by atoms with Crippen LogP contribution >= 0.6 is 22.7 Å². The van der Waals surface area contributed by atoms with Crippen molar-refractivity contribution in [2.75, 3.05) is 6.61 Å². The third-order valence-corrected chi connectivity index (χ3v) is 7.00. The Kier molecular flexibility index (Phi) is 4.51. The largest absolute Gasteiger partial charge is 0.373 e. The van der Waals surface area contributed by atoms with Gasteiger partial charge in [0.05, 0.1) is 11.0 Å². The maximum absolute atomic E-state index is 12.4. The molecule has 1 aliphatic carbocycles. The average molecular weight is 348 g/mol. The third kappa shape index (κ3) is 3.23. The molecular weight excluding hydrogens is 326 g/mol. The zero-order valence-electron chi connectivity index (χ0n) is 13.1. The standard InChI is InChI=1S/C18H21NO2S2/c20-18(17-8-7-16(23-17)14-5-3-9-21-14)19-10-12-11-22-15-6-2-1-4-13(12)15/h7-8,11,14H,1-6,9-10H2,(H,19,20). The molecule has 3 nitrogen and oxygen atoms in total. The lowest BCUT2D eigenvalue weighted by Crippen LogP contribution is -2.22. The summed E-state index contributed by atoms with van der Waals surface area (Å²) in [5, 5.41) is 5.32. The van der Waals surface area contributed by atoms with Gasteiger partial charge in [-0.25, -0.2) is 0 Å². The van der Waals surface area contributed by atoms with Crippen molar-refractivity contribution in [3.63, 3.8) is 0 Å². The van der Waals surface area contributed by atoms with Crippen LogP contribution < -0.4 is 5.32 Å². The van der Waals surface area contributed by atoms with Gasteiger partial charge in [-0.1, -0.05) is 0 Å². The van der Waals surface area contributed by atoms with E-state index in [-0.39, 0.29) is 12.0 Å². The minimum atomic E-state index is 0.0370. The van der Waals surface area contributed by atoms with Crippen molar-refractivity contribution in [1.82, 2.24) is 5.32 Å². The first kappa shape index (κ1) is 15.4. The highest BCUT2D eigenvalue weighted by molar-refractivity contribution is 7.14. The van der Waals surface area contributed by atoms with Gasteiger partial charge in [-0.3, -0.25) is 4.79 Å². The van der Waals surface area contributed by atoms with Crippen LogP contribution in [-0.2, 0) is 24.1 Å². The van der Waals surface area contributed by atoms with E-state index in [9.17, 15) is 4.79 Å². The number of fused-ring (bicyclic) bond motifs is 1. The highest BCUT2D eigenvalue weighted by atomic mass is 32.1. The van der Waals surface area contributed by atoms with E-state index in [1.54, 1.807) is 11.3 Å². The quantitative estimate of drug-likeness (QED) is 0.886. The number of nitrogens with one attached hydrogen (secondary N) is 1. The summed E-state index contributed by atoms with van der Waals surface area (Å²) in [6.45, 7) is 1.49. The Morgan fingerprint density at radius 1 is 1.26 bits per heavy atom. The minimum absolute atomic E-state index is 0.0370. The maximum atomic E-state index is 12.4. The molecule has 3 heterocycles. The lowest BCUT2D eigenvalue weighted by Gasteiger charge is -2.13. The Balaban J connectivity index is 1.39. The molecule has 0 spiro atoms. The van der Waals surface area contributed by atoms with E-state index in [0.29, 0.717) is 6.54 Å². The Bertz CT molecular complexity index is 698. The lowest BCUT2D eigenvalue weighted by atomic mass is 9.96. The SMILES string of the molecule is O=C(NCc1csc2c1CCCC2)c1ccc(C2CCCO2)s1. The van der Waals surface area contributed by atoms with Crippen LogP contribution in [0.4, 0.5) is 0 Å². The van der Waals surface area contributed by atoms with Crippen LogP contribution in [0.25, 0.3) is 0 Å². The van der Waals surface area contributed by atoms with Crippen molar-refractivity contribution in [2.24, 2.45) is 0 Å². The molecule has 1 fully saturated rings. The molecule has 23 heavy (non-hydrogen) atoms. The van der Waals surface area contributed by atoms with E-state index >= 15 is 0 Å². The normalized spacial score (nSPS) is 20.4. The van der Waals surface area contributed by atoms with Gasteiger partial charge in [0.25, 0.3) is 5.91 Å². The Labute approximate surface area is 144 Å². The van der Waals surface area contributed by atoms with Crippen molar-refractivity contribution in [3.05, 3.63) is 43.3 Å². The molecule has 5 heteroatoms. The molecule has 0 saturated carbocycles. The van der Waals surface area contributed by atoms with Crippen LogP contribution in [0.15, 0.2) is 17.5 Å². The molecule has 2 aromatic rings. The fourth-order valence-electron chi connectivity index (χ4n) is 3.42. The highest BCUT2D eigenvalue weighted by Gasteiger charge is 2.21. The van der Waals surface area contributed by atoms with Crippen LogP contribution in [0.5, 0.6) is 0 Å². The number of thiophene rings is 2. The van der Waals surface area contributed by atoms with Crippen molar-refractivity contribution < 1.29 is 9.53 Å². The maximum Gasteiger partial charge on any atom is 0.261 e. The van der Waals surface area contributed by atoms with Crippen LogP contribution in [0.1, 0.15) is 62.3 Å². The van der Waals surface area contributed by atoms with Crippen LogP contribution in [0.2, 0.25) is 0 Å². The molecule has 0 radical (unpaired) electrons. The number of rotatable bonds is 4. The molecule has 2 aliphatic rings. The number of ether oxygens (including phenoxy) is 1. The summed E-state index contributed by atoms with van der Waals surface area (Å²) >= 11 is 3.42. The molecule has 1 saturated heterocycles. The molecule has 0 bridgehead atoms. The molecular formula is C18H21NO2S2. The van der Waals surface area contributed by atoms with E-state index in [4.69, 9.17) is 4.74 Å². The number of amides is 1. The van der Waals surface area contributed by atoms with E-state index in [2.05, 4.69) is 10.7 Å². The fraction of sp³-hybridized carbons (Fsp3) is 0.500. The molecule has 1 unspecified atom stereocenters. The van der Waals surface area contributed by atoms with Crippen molar-refractivity contribution in [3.8, 4) is 0 Å². The first-order valence-corrected chi connectivity index (χ1v) is 10.1. The lowest BCUT2D eigenvalue weighted by molar-refractivity contribution is 0.0955. The molecule has 1 atom stereocenters. The topological polar surface area (TPSA) is 38.3 Å². The smallest absolute Gasteiger partial charge is 0.261 e. The first-order valence-electron chi connectivity index (χ1n) is 8.39. The summed E-state index contributed by atoms with van der Waals surface area (Å²) < 4.78 is 5.69. The van der Waals surface area contributed by atoms with Crippen LogP contribution in [0, 0.1) is 0 Å². The van der Waals surface area contributed by atoms with Gasteiger partial charge in [0, 0.05) is 22.9 Å². The fourth-order valence-corrected chi connectivity index (χ4v) is 5.58. The number of aryl methyl sites for hydroxylation is 1. The number of hydrogen-bond acceptors (Lipinski definition) is 4. The van der Waals surface area contributed by atoms with Gasteiger partial charge < -0.3 is 10.1 Å². The summed E-state index contributed by atoms with van der Waals surface area (Å²) in [6.07, 6.45) is 7.36. The number of carbonyl (C=O) groups excluding carboxylic acids is 1. The van der Waals surface area contributed by atoms with E-state index in [0.717, 1.165) is 24.3 Å². The predicted molar refractivity (Wildman–Crippen MR) is 94.4 cm³/mol. The Morgan fingerprint density at radius 3 is 3.04 bits per heavy atom. The molecule has 4 rings (SSSR count). The van der Waals surface area contributed by atoms with E-state index in [1.807, 2.05) is 23.5 Å². The monoisotopic (exact) mass is 347 g/mol. The van der Waals surface area contributed by atoms with Crippen LogP contribution in [-0.4, -0.2) is 12.5 Å². The van der Waals surface area contributed by atoms with E-state index in [1.165, 1.54) is 46.6 Å². The van der Waals surface area contributed by atoms with Gasteiger partial charge in [0.2, 0.25) is 0 Å². The summed E-state index contributed by atoms with van der Waals surface area (Å²) in [5.41, 5.74) is 2.81. The second kappa shape index (κ2) is 6.75. The molecule has 1 amide bonds. The highest BCUT2D eigenvalue weighted by Crippen LogP contribution is 2.33. The minimum Gasteiger partial charge on any atom is -0.373 e. The van der Waals surface area contributed by atoms with Gasteiger partial charge >= 0.3 is 0 Å². The molecule has 2 aromatic heterocycles. The Hall–Kier alpha value is -1.17. The molecule has 1 aliphatic heterocycles. The molecule has 122 valence electrons. The summed E-state index contributed by atoms with van der Waals surface area (Å²) in [7, 11) is 0. The zero-order chi connectivity index (χ0) is 15.6. The van der Waals surface area contributed by atoms with Gasteiger partial charge in [-0.15, -0.1) is 22.7 Å². The summed E-state index contributed by atoms with van der Waals surface area (Å²) in [4.78, 5) is 15.9. The van der Waals surface area contributed by atoms with Gasteiger partial charge in [-0.2, -0.15) is 0 Å².